The second-order valence-electron chi connectivity index (χ2n) is 8.79. The van der Waals surface area contributed by atoms with Gasteiger partial charge in [-0.25, -0.2) is 9.78 Å². The molecule has 0 aliphatic heterocycles. The van der Waals surface area contributed by atoms with Gasteiger partial charge in [-0.05, 0) is 38.0 Å². The zero-order valence-corrected chi connectivity index (χ0v) is 20.0. The van der Waals surface area contributed by atoms with Crippen LogP contribution in [0.15, 0.2) is 72.9 Å². The average molecular weight is 476 g/mol. The molecule has 182 valence electrons. The van der Waals surface area contributed by atoms with E-state index < -0.39 is 30.0 Å². The zero-order chi connectivity index (χ0) is 25.3. The molecule has 8 nitrogen and oxygen atoms in total. The van der Waals surface area contributed by atoms with Crippen molar-refractivity contribution in [3.8, 4) is 5.88 Å². The lowest BCUT2D eigenvalue weighted by Gasteiger charge is -2.19. The van der Waals surface area contributed by atoms with Gasteiger partial charge < -0.3 is 20.1 Å². The summed E-state index contributed by atoms with van der Waals surface area (Å²) in [4.78, 5) is 41.9. The first-order valence-corrected chi connectivity index (χ1v) is 11.2. The number of ether oxygens (including phenoxy) is 2. The lowest BCUT2D eigenvalue weighted by atomic mass is 10.1. The van der Waals surface area contributed by atoms with Gasteiger partial charge in [0, 0.05) is 19.3 Å². The van der Waals surface area contributed by atoms with E-state index in [0.29, 0.717) is 6.54 Å². The Kier molecular flexibility index (Phi) is 8.56. The molecule has 3 rings (SSSR count). The maximum Gasteiger partial charge on any atom is 0.344 e. The number of esters is 1. The molecule has 35 heavy (non-hydrogen) atoms. The van der Waals surface area contributed by atoms with E-state index in [1.54, 1.807) is 20.8 Å². The summed E-state index contributed by atoms with van der Waals surface area (Å²) in [7, 11) is 0. The lowest BCUT2D eigenvalue weighted by Crippen LogP contribution is -2.29. The van der Waals surface area contributed by atoms with Crippen LogP contribution < -0.4 is 15.4 Å². The number of carbonyl (C=O) groups is 3. The standard InChI is InChI=1S/C27H29N3O5/c1-27(2,3)35-23(31)18-34-26-22(25(33)29-16-20-12-8-5-9-13-20)14-21(17-30-26)24(32)28-15-19-10-6-4-7-11-19/h4-14,17H,15-16,18H2,1-3H3,(H,28,32)(H,29,33). The minimum absolute atomic E-state index is 0.0388. The molecule has 0 bridgehead atoms. The van der Waals surface area contributed by atoms with E-state index in [9.17, 15) is 14.4 Å². The van der Waals surface area contributed by atoms with Gasteiger partial charge in [0.15, 0.2) is 6.61 Å². The van der Waals surface area contributed by atoms with Crippen LogP contribution in [0.4, 0.5) is 0 Å². The summed E-state index contributed by atoms with van der Waals surface area (Å²) in [5, 5.41) is 5.61. The first-order chi connectivity index (χ1) is 16.7. The maximum atomic E-state index is 13.0. The number of benzene rings is 2. The molecular formula is C27H29N3O5. The van der Waals surface area contributed by atoms with Crippen LogP contribution in [0.2, 0.25) is 0 Å². The Bertz CT molecular complexity index is 1160. The molecule has 0 saturated heterocycles. The van der Waals surface area contributed by atoms with E-state index in [2.05, 4.69) is 15.6 Å². The summed E-state index contributed by atoms with van der Waals surface area (Å²) < 4.78 is 10.7. The molecule has 3 aromatic rings. The van der Waals surface area contributed by atoms with Crippen LogP contribution in [-0.4, -0.2) is 35.0 Å². The third-order valence-electron chi connectivity index (χ3n) is 4.70. The Balaban J connectivity index is 1.75. The Morgan fingerprint density at radius 2 is 1.37 bits per heavy atom. The fraction of sp³-hybridized carbons (Fsp3) is 0.259. The van der Waals surface area contributed by atoms with E-state index >= 15 is 0 Å². The summed E-state index contributed by atoms with van der Waals surface area (Å²) in [6, 6.07) is 20.2. The number of nitrogens with one attached hydrogen (secondary N) is 2. The highest BCUT2D eigenvalue weighted by Gasteiger charge is 2.21. The second-order valence-corrected chi connectivity index (χ2v) is 8.79. The van der Waals surface area contributed by atoms with Crippen molar-refractivity contribution in [2.45, 2.75) is 39.5 Å². The normalized spacial score (nSPS) is 10.8. The van der Waals surface area contributed by atoms with Gasteiger partial charge in [0.1, 0.15) is 11.2 Å². The van der Waals surface area contributed by atoms with Crippen molar-refractivity contribution in [1.82, 2.24) is 15.6 Å². The lowest BCUT2D eigenvalue weighted by molar-refractivity contribution is -0.157. The Morgan fingerprint density at radius 3 is 1.91 bits per heavy atom. The fourth-order valence-corrected chi connectivity index (χ4v) is 3.11. The van der Waals surface area contributed by atoms with Gasteiger partial charge in [0.05, 0.1) is 5.56 Å². The molecule has 0 unspecified atom stereocenters. The highest BCUT2D eigenvalue weighted by atomic mass is 16.6. The number of carbonyl (C=O) groups excluding carboxylic acids is 3. The molecule has 0 aliphatic carbocycles. The van der Waals surface area contributed by atoms with Crippen LogP contribution in [0.5, 0.6) is 5.88 Å². The molecule has 2 amide bonds. The molecular weight excluding hydrogens is 446 g/mol. The number of pyridine rings is 1. The predicted octanol–water partition coefficient (Wildman–Crippen LogP) is 3.66. The molecule has 0 spiro atoms. The Hall–Kier alpha value is -4.20. The van der Waals surface area contributed by atoms with Gasteiger partial charge in [0.2, 0.25) is 5.88 Å². The molecule has 2 aromatic carbocycles. The van der Waals surface area contributed by atoms with Gasteiger partial charge in [0.25, 0.3) is 11.8 Å². The van der Waals surface area contributed by atoms with Crippen molar-refractivity contribution >= 4 is 17.8 Å². The predicted molar refractivity (Wildman–Crippen MR) is 131 cm³/mol. The average Bonchev–Trinajstić information content (AvgIpc) is 2.84. The van der Waals surface area contributed by atoms with Crippen molar-refractivity contribution in [3.05, 3.63) is 95.2 Å². The molecule has 0 saturated carbocycles. The van der Waals surface area contributed by atoms with Crippen LogP contribution in [0.25, 0.3) is 0 Å². The number of hydrogen-bond donors (Lipinski definition) is 2. The number of hydrogen-bond acceptors (Lipinski definition) is 6. The van der Waals surface area contributed by atoms with Gasteiger partial charge in [-0.2, -0.15) is 0 Å². The second kappa shape index (κ2) is 11.8. The van der Waals surface area contributed by atoms with Crippen LogP contribution >= 0.6 is 0 Å². The first kappa shape index (κ1) is 25.4. The minimum Gasteiger partial charge on any atom is -0.465 e. The highest BCUT2D eigenvalue weighted by Crippen LogP contribution is 2.18. The molecule has 1 aromatic heterocycles. The number of nitrogens with zero attached hydrogens (tertiary/aromatic N) is 1. The van der Waals surface area contributed by atoms with Gasteiger partial charge in [-0.15, -0.1) is 0 Å². The van der Waals surface area contributed by atoms with Crippen LogP contribution in [0.3, 0.4) is 0 Å². The number of amides is 2. The van der Waals surface area contributed by atoms with Crippen molar-refractivity contribution in [1.29, 1.82) is 0 Å². The summed E-state index contributed by atoms with van der Waals surface area (Å²) in [6.07, 6.45) is 1.30. The third kappa shape index (κ3) is 8.26. The fourth-order valence-electron chi connectivity index (χ4n) is 3.11. The van der Waals surface area contributed by atoms with Crippen LogP contribution in [0, 0.1) is 0 Å². The summed E-state index contributed by atoms with van der Waals surface area (Å²) >= 11 is 0. The summed E-state index contributed by atoms with van der Waals surface area (Å²) in [5.41, 5.74) is 1.39. The molecule has 0 fully saturated rings. The highest BCUT2D eigenvalue weighted by molar-refractivity contribution is 6.00. The largest absolute Gasteiger partial charge is 0.465 e. The third-order valence-corrected chi connectivity index (χ3v) is 4.70. The van der Waals surface area contributed by atoms with Crippen molar-refractivity contribution in [2.24, 2.45) is 0 Å². The quantitative estimate of drug-likeness (QED) is 0.458. The van der Waals surface area contributed by atoms with E-state index in [0.717, 1.165) is 11.1 Å². The molecule has 0 aliphatic rings. The van der Waals surface area contributed by atoms with Gasteiger partial charge in [-0.1, -0.05) is 60.7 Å². The van der Waals surface area contributed by atoms with E-state index in [-0.39, 0.29) is 23.6 Å². The van der Waals surface area contributed by atoms with E-state index in [4.69, 9.17) is 9.47 Å². The van der Waals surface area contributed by atoms with Crippen LogP contribution in [0.1, 0.15) is 52.6 Å². The van der Waals surface area contributed by atoms with Crippen LogP contribution in [-0.2, 0) is 22.6 Å². The van der Waals surface area contributed by atoms with Crippen molar-refractivity contribution < 1.29 is 23.9 Å². The summed E-state index contributed by atoms with van der Waals surface area (Å²) in [5.74, 6) is -1.55. The molecule has 0 radical (unpaired) electrons. The molecule has 1 heterocycles. The van der Waals surface area contributed by atoms with Crippen molar-refractivity contribution in [2.75, 3.05) is 6.61 Å². The van der Waals surface area contributed by atoms with Gasteiger partial charge >= 0.3 is 5.97 Å². The summed E-state index contributed by atoms with van der Waals surface area (Å²) in [6.45, 7) is 5.40. The zero-order valence-electron chi connectivity index (χ0n) is 20.0. The SMILES string of the molecule is CC(C)(C)OC(=O)COc1ncc(C(=O)NCc2ccccc2)cc1C(=O)NCc1ccccc1. The number of rotatable bonds is 9. The Labute approximate surface area is 204 Å². The van der Waals surface area contributed by atoms with Gasteiger partial charge in [-0.3, -0.25) is 9.59 Å². The first-order valence-electron chi connectivity index (χ1n) is 11.2. The maximum absolute atomic E-state index is 13.0. The molecule has 0 atom stereocenters. The van der Waals surface area contributed by atoms with E-state index in [1.165, 1.54) is 12.3 Å². The smallest absolute Gasteiger partial charge is 0.344 e. The molecule has 2 N–H and O–H groups in total. The topological polar surface area (TPSA) is 107 Å². The minimum atomic E-state index is -0.676. The van der Waals surface area contributed by atoms with Crippen molar-refractivity contribution in [3.63, 3.8) is 0 Å². The molecule has 8 heteroatoms. The van der Waals surface area contributed by atoms with E-state index in [1.807, 2.05) is 60.7 Å². The Morgan fingerprint density at radius 1 is 0.829 bits per heavy atom. The number of aromatic nitrogens is 1. The monoisotopic (exact) mass is 475 g/mol.